The van der Waals surface area contributed by atoms with Gasteiger partial charge >= 0.3 is 0 Å². The fraction of sp³-hybridized carbons (Fsp3) is 0.538. The van der Waals surface area contributed by atoms with Crippen LogP contribution in [0.2, 0.25) is 0 Å². The predicted molar refractivity (Wildman–Crippen MR) is 73.1 cm³/mol. The SMILES string of the molecule is O=S(=O)(NC1CCCCC1CCl)c1ccc(F)c(F)c1. The minimum Gasteiger partial charge on any atom is -0.208 e. The van der Waals surface area contributed by atoms with Crippen molar-refractivity contribution in [1.82, 2.24) is 4.72 Å². The van der Waals surface area contributed by atoms with Crippen molar-refractivity contribution in [3.8, 4) is 0 Å². The second-order valence-electron chi connectivity index (χ2n) is 5.00. The van der Waals surface area contributed by atoms with Gasteiger partial charge in [0.15, 0.2) is 11.6 Å². The largest absolute Gasteiger partial charge is 0.240 e. The molecule has 7 heteroatoms. The van der Waals surface area contributed by atoms with E-state index in [9.17, 15) is 17.2 Å². The predicted octanol–water partition coefficient (Wildman–Crippen LogP) is 3.04. The summed E-state index contributed by atoms with van der Waals surface area (Å²) < 4.78 is 52.9. The van der Waals surface area contributed by atoms with Crippen LogP contribution in [0.15, 0.2) is 23.1 Å². The average molecular weight is 324 g/mol. The zero-order valence-electron chi connectivity index (χ0n) is 10.8. The molecule has 0 bridgehead atoms. The molecule has 112 valence electrons. The van der Waals surface area contributed by atoms with E-state index in [4.69, 9.17) is 11.6 Å². The number of alkyl halides is 1. The third kappa shape index (κ3) is 3.48. The highest BCUT2D eigenvalue weighted by molar-refractivity contribution is 7.89. The van der Waals surface area contributed by atoms with Crippen LogP contribution in [-0.2, 0) is 10.0 Å². The summed E-state index contributed by atoms with van der Waals surface area (Å²) in [5, 5.41) is 0. The van der Waals surface area contributed by atoms with Crippen LogP contribution in [0.4, 0.5) is 8.78 Å². The molecule has 1 aromatic carbocycles. The summed E-state index contributed by atoms with van der Waals surface area (Å²) in [7, 11) is -3.86. The summed E-state index contributed by atoms with van der Waals surface area (Å²) in [6, 6.07) is 2.30. The first kappa shape index (κ1) is 15.7. The molecule has 0 radical (unpaired) electrons. The minimum atomic E-state index is -3.86. The number of hydrogen-bond donors (Lipinski definition) is 1. The summed E-state index contributed by atoms with van der Waals surface area (Å²) in [5.41, 5.74) is 0. The number of benzene rings is 1. The Labute approximate surface area is 122 Å². The Kier molecular flexibility index (Phi) is 4.99. The van der Waals surface area contributed by atoms with Crippen molar-refractivity contribution in [3.63, 3.8) is 0 Å². The highest BCUT2D eigenvalue weighted by atomic mass is 35.5. The summed E-state index contributed by atoms with van der Waals surface area (Å²) in [6.45, 7) is 0. The third-order valence-electron chi connectivity index (χ3n) is 3.62. The van der Waals surface area contributed by atoms with E-state index in [1.165, 1.54) is 0 Å². The van der Waals surface area contributed by atoms with E-state index in [0.29, 0.717) is 18.4 Å². The molecule has 0 aliphatic heterocycles. The number of hydrogen-bond acceptors (Lipinski definition) is 2. The molecule has 1 aliphatic carbocycles. The Morgan fingerprint density at radius 3 is 2.55 bits per heavy atom. The molecule has 0 aromatic heterocycles. The molecule has 0 amide bonds. The lowest BCUT2D eigenvalue weighted by Crippen LogP contribution is -2.42. The van der Waals surface area contributed by atoms with Gasteiger partial charge in [-0.15, -0.1) is 11.6 Å². The monoisotopic (exact) mass is 323 g/mol. The van der Waals surface area contributed by atoms with Crippen LogP contribution in [0.3, 0.4) is 0 Å². The lowest BCUT2D eigenvalue weighted by Gasteiger charge is -2.30. The molecule has 1 N–H and O–H groups in total. The second-order valence-corrected chi connectivity index (χ2v) is 7.03. The van der Waals surface area contributed by atoms with Crippen molar-refractivity contribution in [1.29, 1.82) is 0 Å². The highest BCUT2D eigenvalue weighted by Crippen LogP contribution is 2.27. The van der Waals surface area contributed by atoms with Gasteiger partial charge in [0.2, 0.25) is 10.0 Å². The number of nitrogens with one attached hydrogen (secondary N) is 1. The van der Waals surface area contributed by atoms with Crippen LogP contribution in [0, 0.1) is 17.6 Å². The smallest absolute Gasteiger partial charge is 0.208 e. The quantitative estimate of drug-likeness (QED) is 0.866. The molecule has 20 heavy (non-hydrogen) atoms. The first-order chi connectivity index (χ1) is 9.44. The van der Waals surface area contributed by atoms with E-state index >= 15 is 0 Å². The first-order valence-electron chi connectivity index (χ1n) is 6.47. The van der Waals surface area contributed by atoms with E-state index in [0.717, 1.165) is 31.4 Å². The van der Waals surface area contributed by atoms with E-state index < -0.39 is 21.7 Å². The van der Waals surface area contributed by atoms with Gasteiger partial charge in [-0.2, -0.15) is 0 Å². The molecular formula is C13H16ClF2NO2S. The summed E-state index contributed by atoms with van der Waals surface area (Å²) in [4.78, 5) is -0.268. The molecule has 0 heterocycles. The number of halogens is 3. The van der Waals surface area contributed by atoms with Gasteiger partial charge in [0, 0.05) is 11.9 Å². The molecule has 0 saturated heterocycles. The van der Waals surface area contributed by atoms with E-state index in [2.05, 4.69) is 4.72 Å². The van der Waals surface area contributed by atoms with Gasteiger partial charge in [-0.05, 0) is 37.0 Å². The molecule has 2 atom stereocenters. The van der Waals surface area contributed by atoms with Crippen LogP contribution in [0.25, 0.3) is 0 Å². The van der Waals surface area contributed by atoms with E-state index in [1.807, 2.05) is 0 Å². The maximum Gasteiger partial charge on any atom is 0.240 e. The van der Waals surface area contributed by atoms with Gasteiger partial charge in [0.25, 0.3) is 0 Å². The molecular weight excluding hydrogens is 308 g/mol. The maximum atomic E-state index is 13.1. The van der Waals surface area contributed by atoms with Gasteiger partial charge in [-0.1, -0.05) is 12.8 Å². The molecule has 1 aromatic rings. The average Bonchev–Trinajstić information content (AvgIpc) is 2.42. The first-order valence-corrected chi connectivity index (χ1v) is 8.49. The Morgan fingerprint density at radius 1 is 1.20 bits per heavy atom. The van der Waals surface area contributed by atoms with Crippen LogP contribution in [-0.4, -0.2) is 20.3 Å². The van der Waals surface area contributed by atoms with Crippen molar-refractivity contribution in [2.75, 3.05) is 5.88 Å². The fourth-order valence-electron chi connectivity index (χ4n) is 2.46. The topological polar surface area (TPSA) is 46.2 Å². The van der Waals surface area contributed by atoms with Crippen molar-refractivity contribution < 1.29 is 17.2 Å². The standard InChI is InChI=1S/C13H16ClF2NO2S/c14-8-9-3-1-2-4-13(9)17-20(18,19)10-5-6-11(15)12(16)7-10/h5-7,9,13,17H,1-4,8H2. The Hall–Kier alpha value is -0.720. The second kappa shape index (κ2) is 6.37. The molecule has 1 fully saturated rings. The van der Waals surface area contributed by atoms with Crippen molar-refractivity contribution in [3.05, 3.63) is 29.8 Å². The molecule has 2 unspecified atom stereocenters. The van der Waals surface area contributed by atoms with E-state index in [1.54, 1.807) is 0 Å². The van der Waals surface area contributed by atoms with Gasteiger partial charge in [0.1, 0.15) is 0 Å². The molecule has 0 spiro atoms. The lowest BCUT2D eigenvalue weighted by atomic mass is 9.86. The van der Waals surface area contributed by atoms with Crippen LogP contribution < -0.4 is 4.72 Å². The Balaban J connectivity index is 2.19. The zero-order chi connectivity index (χ0) is 14.8. The lowest BCUT2D eigenvalue weighted by molar-refractivity contribution is 0.314. The van der Waals surface area contributed by atoms with Crippen LogP contribution in [0.1, 0.15) is 25.7 Å². The summed E-state index contributed by atoms with van der Waals surface area (Å²) in [5.74, 6) is -1.79. The van der Waals surface area contributed by atoms with Gasteiger partial charge in [-0.25, -0.2) is 21.9 Å². The van der Waals surface area contributed by atoms with Crippen LogP contribution in [0.5, 0.6) is 0 Å². The Bertz CT molecular complexity index is 580. The zero-order valence-corrected chi connectivity index (χ0v) is 12.4. The highest BCUT2D eigenvalue weighted by Gasteiger charge is 2.29. The van der Waals surface area contributed by atoms with Crippen LogP contribution >= 0.6 is 11.6 Å². The third-order valence-corrected chi connectivity index (χ3v) is 5.50. The number of rotatable bonds is 4. The van der Waals surface area contributed by atoms with Gasteiger partial charge in [0.05, 0.1) is 4.90 Å². The van der Waals surface area contributed by atoms with Crippen molar-refractivity contribution >= 4 is 21.6 Å². The molecule has 1 saturated carbocycles. The molecule has 1 aliphatic rings. The van der Waals surface area contributed by atoms with Gasteiger partial charge in [-0.3, -0.25) is 0 Å². The van der Waals surface area contributed by atoms with Gasteiger partial charge < -0.3 is 0 Å². The molecule has 2 rings (SSSR count). The normalized spacial score (nSPS) is 23.8. The fourth-order valence-corrected chi connectivity index (χ4v) is 4.18. The van der Waals surface area contributed by atoms with Crippen molar-refractivity contribution in [2.45, 2.75) is 36.6 Å². The summed E-state index contributed by atoms with van der Waals surface area (Å²) in [6.07, 6.45) is 3.54. The van der Waals surface area contributed by atoms with Crippen molar-refractivity contribution in [2.24, 2.45) is 5.92 Å². The Morgan fingerprint density at radius 2 is 1.90 bits per heavy atom. The van der Waals surface area contributed by atoms with E-state index in [-0.39, 0.29) is 16.9 Å². The molecule has 3 nitrogen and oxygen atoms in total. The number of sulfonamides is 1. The minimum absolute atomic E-state index is 0.0745. The maximum absolute atomic E-state index is 13.1. The summed E-state index contributed by atoms with van der Waals surface area (Å²) >= 11 is 5.85.